The molecule has 0 amide bonds. The molecule has 0 radical (unpaired) electrons. The van der Waals surface area contributed by atoms with Gasteiger partial charge < -0.3 is 25.3 Å². The molecule has 8 bridgehead atoms. The summed E-state index contributed by atoms with van der Waals surface area (Å²) in [4.78, 5) is 53.2. The van der Waals surface area contributed by atoms with E-state index in [4.69, 9.17) is 16.4 Å². The van der Waals surface area contributed by atoms with Gasteiger partial charge in [0.1, 0.15) is 0 Å². The normalized spacial score (nSPS) is 11.6. The van der Waals surface area contributed by atoms with E-state index in [0.717, 1.165) is 44.5 Å². The molecule has 2 aliphatic heterocycles. The van der Waals surface area contributed by atoms with E-state index in [1.807, 2.05) is 72.8 Å². The Kier molecular flexibility index (Phi) is 8.88. The molecule has 7 aromatic rings. The number of H-pyrrole nitrogens is 2. The molecule has 59 heavy (non-hydrogen) atoms. The minimum atomic E-state index is -1.05. The molecule has 0 saturated heterocycles. The maximum absolute atomic E-state index is 11.8. The Bertz CT molecular complexity index is 3110. The number of nitrogens with one attached hydrogen (secondary N) is 2. The molecule has 0 atom stereocenters. The molecule has 2 aliphatic rings. The number of carboxylic acids is 3. The van der Waals surface area contributed by atoms with E-state index in [-0.39, 0.29) is 16.7 Å². The van der Waals surface area contributed by atoms with Crippen molar-refractivity contribution in [1.29, 1.82) is 0 Å². The zero-order valence-corrected chi connectivity index (χ0v) is 30.9. The number of aromatic amines is 2. The second-order valence-electron chi connectivity index (χ2n) is 13.9. The third kappa shape index (κ3) is 6.64. The van der Waals surface area contributed by atoms with Gasteiger partial charge in [0.2, 0.25) is 0 Å². The molecule has 5 heterocycles. The third-order valence-corrected chi connectivity index (χ3v) is 10.4. The van der Waals surface area contributed by atoms with Gasteiger partial charge in [-0.25, -0.2) is 24.4 Å². The molecule has 0 fully saturated rings. The summed E-state index contributed by atoms with van der Waals surface area (Å²) < 4.78 is 0. The summed E-state index contributed by atoms with van der Waals surface area (Å²) in [5, 5.41) is 29.1. The van der Waals surface area contributed by atoms with Crippen LogP contribution in [0, 0.1) is 12.3 Å². The summed E-state index contributed by atoms with van der Waals surface area (Å²) in [5.74, 6) is -0.444. The van der Waals surface area contributed by atoms with Crippen molar-refractivity contribution in [1.82, 2.24) is 19.9 Å². The number of hydrogen-bond donors (Lipinski definition) is 5. The fraction of sp³-hybridized carbons (Fsp3) is 0. The number of aromatic carboxylic acids is 3. The maximum atomic E-state index is 11.8. The molecule has 5 N–H and O–H groups in total. The Morgan fingerprint density at radius 3 is 0.898 bits per heavy atom. The van der Waals surface area contributed by atoms with Crippen LogP contribution in [0.5, 0.6) is 0 Å². The molecule has 0 aliphatic carbocycles. The van der Waals surface area contributed by atoms with Gasteiger partial charge in [0.25, 0.3) is 0 Å². The zero-order valence-electron chi connectivity index (χ0n) is 30.9. The van der Waals surface area contributed by atoms with E-state index in [1.165, 1.54) is 0 Å². The molecule has 3 aromatic heterocycles. The van der Waals surface area contributed by atoms with Gasteiger partial charge in [-0.3, -0.25) is 0 Å². The number of terminal acetylenes is 1. The average molecular weight is 771 g/mol. The summed E-state index contributed by atoms with van der Waals surface area (Å²) in [7, 11) is 0. The van der Waals surface area contributed by atoms with Crippen LogP contribution < -0.4 is 0 Å². The largest absolute Gasteiger partial charge is 0.478 e. The minimum Gasteiger partial charge on any atom is -0.478 e. The molecule has 4 aromatic carbocycles. The van der Waals surface area contributed by atoms with E-state index in [9.17, 15) is 29.7 Å². The molecule has 9 rings (SSSR count). The molecular weight excluding hydrogens is 741 g/mol. The van der Waals surface area contributed by atoms with Crippen LogP contribution in [0.1, 0.15) is 59.4 Å². The van der Waals surface area contributed by atoms with Crippen LogP contribution in [0.2, 0.25) is 0 Å². The van der Waals surface area contributed by atoms with Crippen molar-refractivity contribution >= 4 is 64.3 Å². The molecule has 282 valence electrons. The average Bonchev–Trinajstić information content (AvgIpc) is 4.10. The van der Waals surface area contributed by atoms with Crippen LogP contribution in [0.3, 0.4) is 0 Å². The topological polar surface area (TPSA) is 169 Å². The van der Waals surface area contributed by atoms with E-state index >= 15 is 0 Å². The number of carbonyl (C=O) groups is 3. The Hall–Kier alpha value is -8.55. The van der Waals surface area contributed by atoms with Crippen LogP contribution >= 0.6 is 0 Å². The first kappa shape index (κ1) is 36.1. The Morgan fingerprint density at radius 1 is 0.407 bits per heavy atom. The first-order valence-electron chi connectivity index (χ1n) is 18.4. The summed E-state index contributed by atoms with van der Waals surface area (Å²) >= 11 is 0. The van der Waals surface area contributed by atoms with Crippen molar-refractivity contribution in [3.8, 4) is 56.9 Å². The second kappa shape index (κ2) is 14.5. The van der Waals surface area contributed by atoms with Crippen LogP contribution in [0.4, 0.5) is 0 Å². The minimum absolute atomic E-state index is 0.135. The van der Waals surface area contributed by atoms with Crippen LogP contribution in [0.15, 0.2) is 121 Å². The van der Waals surface area contributed by atoms with E-state index in [2.05, 4.69) is 15.9 Å². The SMILES string of the molecule is C#Cc1ccc(-c2c3nc(c(-c4ccc(C(=O)O)cc4)c4ccc([nH]4)c(-c4ccc(C(=O)O)cc4)c4nc(c(-c5ccc(C(=O)O)cc5)c5ccc2[nH]5)C=C4)C=C3)cc1. The Labute approximate surface area is 336 Å². The van der Waals surface area contributed by atoms with Gasteiger partial charge >= 0.3 is 17.9 Å². The molecule has 0 unspecified atom stereocenters. The van der Waals surface area contributed by atoms with E-state index in [1.54, 1.807) is 72.8 Å². The quantitative estimate of drug-likeness (QED) is 0.0997. The number of nitrogens with zero attached hydrogens (tertiary/aromatic N) is 2. The van der Waals surface area contributed by atoms with Gasteiger partial charge in [-0.2, -0.15) is 0 Å². The molecule has 10 heteroatoms. The van der Waals surface area contributed by atoms with Crippen molar-refractivity contribution < 1.29 is 29.7 Å². The monoisotopic (exact) mass is 770 g/mol. The highest BCUT2D eigenvalue weighted by atomic mass is 16.4. The van der Waals surface area contributed by atoms with E-state index in [0.29, 0.717) is 50.5 Å². The molecule has 0 spiro atoms. The lowest BCUT2D eigenvalue weighted by Crippen LogP contribution is -1.96. The lowest BCUT2D eigenvalue weighted by Gasteiger charge is -2.08. The Morgan fingerprint density at radius 2 is 0.661 bits per heavy atom. The number of fused-ring (bicyclic) bond motifs is 8. The number of benzene rings is 4. The number of rotatable bonds is 7. The summed E-state index contributed by atoms with van der Waals surface area (Å²) in [6.45, 7) is 0. The van der Waals surface area contributed by atoms with Crippen LogP contribution in [-0.4, -0.2) is 53.2 Å². The number of aromatic nitrogens is 4. The lowest BCUT2D eigenvalue weighted by atomic mass is 10.0. The highest BCUT2D eigenvalue weighted by Gasteiger charge is 2.20. The van der Waals surface area contributed by atoms with Crippen LogP contribution in [0.25, 0.3) is 90.9 Å². The first-order valence-corrected chi connectivity index (χ1v) is 18.4. The smallest absolute Gasteiger partial charge is 0.335 e. The van der Waals surface area contributed by atoms with Crippen molar-refractivity contribution in [2.24, 2.45) is 0 Å². The van der Waals surface area contributed by atoms with Crippen molar-refractivity contribution in [2.45, 2.75) is 0 Å². The standard InChI is InChI=1S/C49H30N4O6/c1-2-27-3-5-28(6-4-27)43-35-19-21-37(50-35)44(29-7-13-32(14-8-29)47(54)55)39-23-25-41(52-39)46(31-11-17-34(18-12-31)49(58)59)42-26-24-40(53-42)45(38-22-20-36(43)51-38)30-9-15-33(16-10-30)48(56)57/h1,3-26,50,53H,(H,54,55)(H,56,57)(H,58,59). The first-order chi connectivity index (χ1) is 28.6. The predicted molar refractivity (Wildman–Crippen MR) is 229 cm³/mol. The van der Waals surface area contributed by atoms with Gasteiger partial charge in [-0.15, -0.1) is 6.42 Å². The summed E-state index contributed by atoms with van der Waals surface area (Å²) in [6, 6.07) is 35.3. The van der Waals surface area contributed by atoms with Crippen LogP contribution in [-0.2, 0) is 0 Å². The van der Waals surface area contributed by atoms with Gasteiger partial charge in [-0.05, 0) is 119 Å². The maximum Gasteiger partial charge on any atom is 0.335 e. The second-order valence-corrected chi connectivity index (χ2v) is 13.9. The summed E-state index contributed by atoms with van der Waals surface area (Å²) in [5.41, 5.74) is 12.4. The van der Waals surface area contributed by atoms with Crippen molar-refractivity contribution in [3.63, 3.8) is 0 Å². The fourth-order valence-corrected chi connectivity index (χ4v) is 7.49. The van der Waals surface area contributed by atoms with Gasteiger partial charge in [0, 0.05) is 49.9 Å². The molecule has 10 nitrogen and oxygen atoms in total. The zero-order chi connectivity index (χ0) is 40.8. The predicted octanol–water partition coefficient (Wildman–Crippen LogP) is 10.4. The van der Waals surface area contributed by atoms with Gasteiger partial charge in [0.15, 0.2) is 0 Å². The fourth-order valence-electron chi connectivity index (χ4n) is 7.49. The third-order valence-electron chi connectivity index (χ3n) is 10.4. The highest BCUT2D eigenvalue weighted by molar-refractivity contribution is 6.01. The highest BCUT2D eigenvalue weighted by Crippen LogP contribution is 2.38. The van der Waals surface area contributed by atoms with Gasteiger partial charge in [0.05, 0.1) is 39.5 Å². The van der Waals surface area contributed by atoms with Crippen molar-refractivity contribution in [3.05, 3.63) is 166 Å². The summed E-state index contributed by atoms with van der Waals surface area (Å²) in [6.07, 6.45) is 13.4. The van der Waals surface area contributed by atoms with Crippen molar-refractivity contribution in [2.75, 3.05) is 0 Å². The number of hydrogen-bond acceptors (Lipinski definition) is 5. The number of carboxylic acid groups (broad SMARTS) is 3. The lowest BCUT2D eigenvalue weighted by molar-refractivity contribution is 0.0686. The molecule has 0 saturated carbocycles. The molecular formula is C49H30N4O6. The van der Waals surface area contributed by atoms with Gasteiger partial charge in [-0.1, -0.05) is 54.5 Å². The Balaban J connectivity index is 1.44. The van der Waals surface area contributed by atoms with E-state index < -0.39 is 17.9 Å².